The van der Waals surface area contributed by atoms with Crippen molar-refractivity contribution in [2.75, 3.05) is 0 Å². The van der Waals surface area contributed by atoms with Crippen LogP contribution < -0.4 is 5.73 Å². The molecule has 1 aromatic heterocycles. The predicted octanol–water partition coefficient (Wildman–Crippen LogP) is 4.76. The Kier molecular flexibility index (Phi) is 4.60. The summed E-state index contributed by atoms with van der Waals surface area (Å²) in [5.74, 6) is 0.673. The summed E-state index contributed by atoms with van der Waals surface area (Å²) >= 11 is 5.16. The van der Waals surface area contributed by atoms with Crippen LogP contribution in [0.4, 0.5) is 0 Å². The van der Waals surface area contributed by atoms with Crippen LogP contribution in [0.5, 0.6) is 0 Å². The molecule has 0 spiro atoms. The first kappa shape index (κ1) is 13.8. The molecule has 1 aromatic carbocycles. The van der Waals surface area contributed by atoms with Crippen LogP contribution >= 0.6 is 27.3 Å². The van der Waals surface area contributed by atoms with Crippen molar-refractivity contribution in [3.63, 3.8) is 0 Å². The minimum Gasteiger partial charge on any atom is -0.320 e. The van der Waals surface area contributed by atoms with E-state index in [0.717, 1.165) is 10.2 Å². The Morgan fingerprint density at radius 1 is 1.22 bits per heavy atom. The molecule has 0 saturated carbocycles. The van der Waals surface area contributed by atoms with Crippen LogP contribution in [0.3, 0.4) is 0 Å². The van der Waals surface area contributed by atoms with Crippen LogP contribution in [-0.4, -0.2) is 0 Å². The first-order valence-electron chi connectivity index (χ1n) is 6.14. The van der Waals surface area contributed by atoms with Gasteiger partial charge in [0.15, 0.2) is 0 Å². The fourth-order valence-corrected chi connectivity index (χ4v) is 3.28. The van der Waals surface area contributed by atoms with Crippen LogP contribution in [-0.2, 0) is 6.42 Å². The first-order chi connectivity index (χ1) is 8.56. The van der Waals surface area contributed by atoms with Crippen LogP contribution in [0.2, 0.25) is 0 Å². The molecule has 18 heavy (non-hydrogen) atoms. The molecule has 0 aliphatic heterocycles. The summed E-state index contributed by atoms with van der Waals surface area (Å²) in [6, 6.07) is 10.7. The lowest BCUT2D eigenvalue weighted by Crippen LogP contribution is -2.11. The van der Waals surface area contributed by atoms with Gasteiger partial charge in [-0.1, -0.05) is 38.1 Å². The average Bonchev–Trinajstić information content (AvgIpc) is 2.74. The van der Waals surface area contributed by atoms with Crippen molar-refractivity contribution in [3.8, 4) is 0 Å². The minimum absolute atomic E-state index is 0.0281. The van der Waals surface area contributed by atoms with E-state index in [1.807, 2.05) is 0 Å². The van der Waals surface area contributed by atoms with E-state index in [0.29, 0.717) is 5.92 Å². The lowest BCUT2D eigenvalue weighted by molar-refractivity contribution is 0.646. The van der Waals surface area contributed by atoms with Gasteiger partial charge in [0.2, 0.25) is 0 Å². The quantitative estimate of drug-likeness (QED) is 0.862. The lowest BCUT2D eigenvalue weighted by atomic mass is 9.96. The van der Waals surface area contributed by atoms with Crippen molar-refractivity contribution in [2.24, 2.45) is 11.7 Å². The predicted molar refractivity (Wildman–Crippen MR) is 83.0 cm³/mol. The van der Waals surface area contributed by atoms with Gasteiger partial charge >= 0.3 is 0 Å². The highest BCUT2D eigenvalue weighted by molar-refractivity contribution is 9.11. The third-order valence-corrected chi connectivity index (χ3v) is 4.42. The first-order valence-corrected chi connectivity index (χ1v) is 7.82. The van der Waals surface area contributed by atoms with Crippen LogP contribution in [0.15, 0.2) is 39.5 Å². The van der Waals surface area contributed by atoms with E-state index in [1.165, 1.54) is 16.7 Å². The molecule has 0 aliphatic carbocycles. The summed E-state index contributed by atoms with van der Waals surface area (Å²) in [6.45, 7) is 4.48. The van der Waals surface area contributed by atoms with Gasteiger partial charge in [-0.05, 0) is 56.4 Å². The molecule has 0 bridgehead atoms. The molecule has 2 aromatic rings. The largest absolute Gasteiger partial charge is 0.320 e. The summed E-state index contributed by atoms with van der Waals surface area (Å²) in [6.07, 6.45) is 1.11. The zero-order valence-electron chi connectivity index (χ0n) is 10.7. The Morgan fingerprint density at radius 2 is 2.00 bits per heavy atom. The summed E-state index contributed by atoms with van der Waals surface area (Å²) in [4.78, 5) is 0. The maximum absolute atomic E-state index is 6.32. The van der Waals surface area contributed by atoms with Gasteiger partial charge in [-0.2, -0.15) is 0 Å². The summed E-state index contributed by atoms with van der Waals surface area (Å²) in [5.41, 5.74) is 10.1. The summed E-state index contributed by atoms with van der Waals surface area (Å²) in [5, 5.41) is 2.11. The molecule has 1 atom stereocenters. The monoisotopic (exact) mass is 323 g/mol. The third kappa shape index (κ3) is 3.44. The lowest BCUT2D eigenvalue weighted by Gasteiger charge is -2.13. The van der Waals surface area contributed by atoms with E-state index in [2.05, 4.69) is 65.5 Å². The van der Waals surface area contributed by atoms with Crippen molar-refractivity contribution in [1.82, 2.24) is 0 Å². The molecule has 2 N–H and O–H groups in total. The normalized spacial score (nSPS) is 12.9. The number of thiophene rings is 1. The summed E-state index contributed by atoms with van der Waals surface area (Å²) in [7, 11) is 0. The van der Waals surface area contributed by atoms with Crippen LogP contribution in [0.1, 0.15) is 36.6 Å². The number of benzene rings is 1. The van der Waals surface area contributed by atoms with Gasteiger partial charge in [0.1, 0.15) is 0 Å². The zero-order chi connectivity index (χ0) is 13.1. The van der Waals surface area contributed by atoms with Gasteiger partial charge in [-0.25, -0.2) is 0 Å². The second-order valence-electron chi connectivity index (χ2n) is 5.00. The maximum Gasteiger partial charge on any atom is 0.0701 e. The smallest absolute Gasteiger partial charge is 0.0701 e. The van der Waals surface area contributed by atoms with E-state index < -0.39 is 0 Å². The number of nitrogens with two attached hydrogens (primary N) is 1. The van der Waals surface area contributed by atoms with Gasteiger partial charge in [0, 0.05) is 0 Å². The molecule has 3 heteroatoms. The van der Waals surface area contributed by atoms with E-state index in [4.69, 9.17) is 5.73 Å². The second-order valence-corrected chi connectivity index (χ2v) is 7.30. The van der Waals surface area contributed by atoms with Gasteiger partial charge in [0.05, 0.1) is 9.83 Å². The molecule has 1 heterocycles. The van der Waals surface area contributed by atoms with Gasteiger partial charge < -0.3 is 5.73 Å². The van der Waals surface area contributed by atoms with Crippen LogP contribution in [0.25, 0.3) is 0 Å². The SMILES string of the molecule is CC(C)Cc1cccc(C(N)c2csc(Br)c2)c1. The number of halogens is 1. The fraction of sp³-hybridized carbons (Fsp3) is 0.333. The molecule has 0 radical (unpaired) electrons. The van der Waals surface area contributed by atoms with Gasteiger partial charge in [-0.15, -0.1) is 11.3 Å². The molecule has 0 aliphatic rings. The van der Waals surface area contributed by atoms with Crippen molar-refractivity contribution in [2.45, 2.75) is 26.3 Å². The summed E-state index contributed by atoms with van der Waals surface area (Å²) < 4.78 is 1.13. The Bertz CT molecular complexity index is 519. The molecule has 96 valence electrons. The molecule has 0 saturated heterocycles. The average molecular weight is 324 g/mol. The Balaban J connectivity index is 2.22. The highest BCUT2D eigenvalue weighted by atomic mass is 79.9. The van der Waals surface area contributed by atoms with Gasteiger partial charge in [-0.3, -0.25) is 0 Å². The van der Waals surface area contributed by atoms with E-state index in [9.17, 15) is 0 Å². The van der Waals surface area contributed by atoms with Crippen LogP contribution in [0, 0.1) is 5.92 Å². The second kappa shape index (κ2) is 6.00. The molecule has 1 nitrogen and oxygen atoms in total. The van der Waals surface area contributed by atoms with E-state index >= 15 is 0 Å². The maximum atomic E-state index is 6.32. The van der Waals surface area contributed by atoms with E-state index in [-0.39, 0.29) is 6.04 Å². The van der Waals surface area contributed by atoms with Crippen molar-refractivity contribution < 1.29 is 0 Å². The molecule has 0 fully saturated rings. The van der Waals surface area contributed by atoms with Crippen molar-refractivity contribution >= 4 is 27.3 Å². The van der Waals surface area contributed by atoms with Crippen molar-refractivity contribution in [1.29, 1.82) is 0 Å². The highest BCUT2D eigenvalue weighted by Crippen LogP contribution is 2.28. The standard InChI is InChI=1S/C15H18BrNS/c1-10(2)6-11-4-3-5-12(7-11)15(17)13-8-14(16)18-9-13/h3-5,7-10,15H,6,17H2,1-2H3. The number of rotatable bonds is 4. The Labute approximate surface area is 121 Å². The minimum atomic E-state index is -0.0281. The Hall–Kier alpha value is -0.640. The number of hydrogen-bond acceptors (Lipinski definition) is 2. The molecule has 2 rings (SSSR count). The highest BCUT2D eigenvalue weighted by Gasteiger charge is 2.11. The molecular formula is C15H18BrNS. The Morgan fingerprint density at radius 3 is 2.61 bits per heavy atom. The molecule has 1 unspecified atom stereocenters. The molecular weight excluding hydrogens is 306 g/mol. The van der Waals surface area contributed by atoms with Gasteiger partial charge in [0.25, 0.3) is 0 Å². The molecule has 0 amide bonds. The fourth-order valence-electron chi connectivity index (χ4n) is 2.06. The zero-order valence-corrected chi connectivity index (χ0v) is 13.1. The van der Waals surface area contributed by atoms with Crippen molar-refractivity contribution in [3.05, 3.63) is 56.2 Å². The third-order valence-electron chi connectivity index (χ3n) is 2.90. The topological polar surface area (TPSA) is 26.0 Å². The number of hydrogen-bond donors (Lipinski definition) is 1. The van der Waals surface area contributed by atoms with E-state index in [1.54, 1.807) is 11.3 Å².